The summed E-state index contributed by atoms with van der Waals surface area (Å²) in [4.78, 5) is 0. The van der Waals surface area contributed by atoms with Crippen molar-refractivity contribution in [3.8, 4) is 0 Å². The molecule has 1 aromatic carbocycles. The van der Waals surface area contributed by atoms with Gasteiger partial charge < -0.3 is 11.1 Å². The Labute approximate surface area is 91.9 Å². The third-order valence-corrected chi connectivity index (χ3v) is 3.19. The lowest BCUT2D eigenvalue weighted by Gasteiger charge is -2.10. The van der Waals surface area contributed by atoms with Gasteiger partial charge in [-0.3, -0.25) is 0 Å². The molecule has 1 aromatic rings. The van der Waals surface area contributed by atoms with Crippen LogP contribution in [0.15, 0.2) is 30.3 Å². The van der Waals surface area contributed by atoms with Crippen molar-refractivity contribution in [3.05, 3.63) is 35.9 Å². The number of hydrogen-bond acceptors (Lipinski definition) is 2. The Kier molecular flexibility index (Phi) is 3.75. The molecule has 0 unspecified atom stereocenters. The van der Waals surface area contributed by atoms with Crippen molar-refractivity contribution >= 4 is 0 Å². The van der Waals surface area contributed by atoms with E-state index in [0.717, 1.165) is 19.0 Å². The number of nitrogens with two attached hydrogens (primary N) is 1. The van der Waals surface area contributed by atoms with E-state index >= 15 is 0 Å². The zero-order chi connectivity index (χ0) is 10.5. The summed E-state index contributed by atoms with van der Waals surface area (Å²) in [5.41, 5.74) is 7.24. The quantitative estimate of drug-likeness (QED) is 0.786. The second-order valence-electron chi connectivity index (χ2n) is 4.56. The Morgan fingerprint density at radius 2 is 2.00 bits per heavy atom. The lowest BCUT2D eigenvalue weighted by atomic mass is 10.1. The topological polar surface area (TPSA) is 38.0 Å². The molecule has 0 amide bonds. The van der Waals surface area contributed by atoms with Crippen LogP contribution in [0.4, 0.5) is 0 Å². The molecular weight excluding hydrogens is 184 g/mol. The smallest absolute Gasteiger partial charge is 0.0205 e. The minimum absolute atomic E-state index is 0.452. The second-order valence-corrected chi connectivity index (χ2v) is 4.56. The van der Waals surface area contributed by atoms with Crippen molar-refractivity contribution in [1.29, 1.82) is 0 Å². The van der Waals surface area contributed by atoms with Crippen molar-refractivity contribution in [2.24, 2.45) is 11.7 Å². The molecule has 2 heteroatoms. The van der Waals surface area contributed by atoms with Gasteiger partial charge in [-0.2, -0.15) is 0 Å². The van der Waals surface area contributed by atoms with Gasteiger partial charge in [-0.15, -0.1) is 0 Å². The van der Waals surface area contributed by atoms with E-state index in [4.69, 9.17) is 5.73 Å². The summed E-state index contributed by atoms with van der Waals surface area (Å²) in [5.74, 6) is 0.795. The van der Waals surface area contributed by atoms with Crippen LogP contribution in [-0.4, -0.2) is 12.6 Å². The van der Waals surface area contributed by atoms with Crippen molar-refractivity contribution in [3.63, 3.8) is 0 Å². The Hall–Kier alpha value is -0.860. The van der Waals surface area contributed by atoms with Gasteiger partial charge in [0.15, 0.2) is 0 Å². The molecule has 0 saturated heterocycles. The first-order valence-electron chi connectivity index (χ1n) is 5.85. The molecular formula is C13H20N2. The Morgan fingerprint density at radius 1 is 1.20 bits per heavy atom. The van der Waals surface area contributed by atoms with Gasteiger partial charge >= 0.3 is 0 Å². The molecule has 15 heavy (non-hydrogen) atoms. The largest absolute Gasteiger partial charge is 0.328 e. The summed E-state index contributed by atoms with van der Waals surface area (Å²) < 4.78 is 0. The number of hydrogen-bond donors (Lipinski definition) is 2. The molecule has 2 rings (SSSR count). The third kappa shape index (κ3) is 3.33. The Morgan fingerprint density at radius 3 is 2.67 bits per heavy atom. The summed E-state index contributed by atoms with van der Waals surface area (Å²) in [6.07, 6.45) is 3.70. The summed E-state index contributed by atoms with van der Waals surface area (Å²) in [7, 11) is 0. The van der Waals surface area contributed by atoms with Gasteiger partial charge in [-0.1, -0.05) is 30.3 Å². The van der Waals surface area contributed by atoms with E-state index in [2.05, 4.69) is 35.6 Å². The minimum atomic E-state index is 0.452. The van der Waals surface area contributed by atoms with E-state index in [1.54, 1.807) is 0 Å². The fourth-order valence-corrected chi connectivity index (χ4v) is 2.32. The van der Waals surface area contributed by atoms with Crippen molar-refractivity contribution < 1.29 is 0 Å². The molecule has 1 saturated carbocycles. The van der Waals surface area contributed by atoms with Crippen LogP contribution in [0.1, 0.15) is 24.8 Å². The molecule has 0 radical (unpaired) electrons. The van der Waals surface area contributed by atoms with Gasteiger partial charge in [0.1, 0.15) is 0 Å². The van der Waals surface area contributed by atoms with Crippen LogP contribution in [-0.2, 0) is 6.54 Å². The summed E-state index contributed by atoms with van der Waals surface area (Å²) in [6, 6.07) is 11.0. The molecule has 82 valence electrons. The van der Waals surface area contributed by atoms with Crippen molar-refractivity contribution in [2.75, 3.05) is 6.54 Å². The van der Waals surface area contributed by atoms with Crippen LogP contribution >= 0.6 is 0 Å². The van der Waals surface area contributed by atoms with Crippen LogP contribution in [0.2, 0.25) is 0 Å². The van der Waals surface area contributed by atoms with Gasteiger partial charge in [-0.05, 0) is 37.3 Å². The van der Waals surface area contributed by atoms with Gasteiger partial charge in [0.2, 0.25) is 0 Å². The average Bonchev–Trinajstić information content (AvgIpc) is 2.66. The molecule has 0 heterocycles. The minimum Gasteiger partial charge on any atom is -0.328 e. The van der Waals surface area contributed by atoms with Crippen molar-refractivity contribution in [2.45, 2.75) is 31.8 Å². The zero-order valence-electron chi connectivity index (χ0n) is 9.15. The van der Waals surface area contributed by atoms with Gasteiger partial charge in [0.25, 0.3) is 0 Å². The zero-order valence-corrected chi connectivity index (χ0v) is 9.15. The molecule has 3 N–H and O–H groups in total. The highest BCUT2D eigenvalue weighted by molar-refractivity contribution is 5.14. The highest BCUT2D eigenvalue weighted by Gasteiger charge is 2.20. The molecule has 1 aliphatic carbocycles. The monoisotopic (exact) mass is 204 g/mol. The predicted molar refractivity (Wildman–Crippen MR) is 63.5 cm³/mol. The van der Waals surface area contributed by atoms with Gasteiger partial charge in [0, 0.05) is 12.6 Å². The molecule has 1 aliphatic rings. The lowest BCUT2D eigenvalue weighted by Crippen LogP contribution is -2.22. The van der Waals surface area contributed by atoms with Crippen LogP contribution in [0.25, 0.3) is 0 Å². The predicted octanol–water partition coefficient (Wildman–Crippen LogP) is 1.90. The molecule has 0 aromatic heterocycles. The van der Waals surface area contributed by atoms with E-state index in [1.807, 2.05) is 0 Å². The molecule has 2 nitrogen and oxygen atoms in total. The van der Waals surface area contributed by atoms with Crippen LogP contribution in [0, 0.1) is 5.92 Å². The van der Waals surface area contributed by atoms with E-state index < -0.39 is 0 Å². The van der Waals surface area contributed by atoms with Crippen molar-refractivity contribution in [1.82, 2.24) is 5.32 Å². The lowest BCUT2D eigenvalue weighted by molar-refractivity contribution is 0.482. The van der Waals surface area contributed by atoms with E-state index in [1.165, 1.54) is 24.8 Å². The molecule has 0 bridgehead atoms. The fraction of sp³-hybridized carbons (Fsp3) is 0.538. The first kappa shape index (κ1) is 10.7. The van der Waals surface area contributed by atoms with Crippen LogP contribution in [0.5, 0.6) is 0 Å². The summed E-state index contributed by atoms with van der Waals surface area (Å²) >= 11 is 0. The molecule has 1 fully saturated rings. The number of nitrogens with one attached hydrogen (secondary N) is 1. The van der Waals surface area contributed by atoms with Gasteiger partial charge in [-0.25, -0.2) is 0 Å². The number of benzene rings is 1. The fourth-order valence-electron chi connectivity index (χ4n) is 2.32. The second kappa shape index (κ2) is 5.29. The van der Waals surface area contributed by atoms with E-state index in [0.29, 0.717) is 6.04 Å². The highest BCUT2D eigenvalue weighted by atomic mass is 14.9. The molecule has 2 atom stereocenters. The number of rotatable bonds is 4. The summed E-state index contributed by atoms with van der Waals surface area (Å²) in [6.45, 7) is 2.09. The molecule has 0 spiro atoms. The standard InChI is InChI=1S/C13H20N2/c14-13-7-6-12(8-13)10-15-9-11-4-2-1-3-5-11/h1-5,12-13,15H,6-10,14H2/t12-,13+/m0/s1. The van der Waals surface area contributed by atoms with E-state index in [-0.39, 0.29) is 0 Å². The third-order valence-electron chi connectivity index (χ3n) is 3.19. The maximum atomic E-state index is 5.88. The van der Waals surface area contributed by atoms with Crippen LogP contribution < -0.4 is 11.1 Å². The Bertz CT molecular complexity index is 284. The average molecular weight is 204 g/mol. The maximum Gasteiger partial charge on any atom is 0.0205 e. The van der Waals surface area contributed by atoms with Gasteiger partial charge in [0.05, 0.1) is 0 Å². The maximum absolute atomic E-state index is 5.88. The molecule has 0 aliphatic heterocycles. The first-order valence-corrected chi connectivity index (χ1v) is 5.85. The van der Waals surface area contributed by atoms with E-state index in [9.17, 15) is 0 Å². The summed E-state index contributed by atoms with van der Waals surface area (Å²) in [5, 5.41) is 3.51. The SMILES string of the molecule is N[C@@H]1CC[C@H](CNCc2ccccc2)C1. The first-order chi connectivity index (χ1) is 7.34. The Balaban J connectivity index is 1.67. The highest BCUT2D eigenvalue weighted by Crippen LogP contribution is 2.23. The van der Waals surface area contributed by atoms with Crippen LogP contribution in [0.3, 0.4) is 0 Å². The normalized spacial score (nSPS) is 25.7.